The lowest BCUT2D eigenvalue weighted by Crippen LogP contribution is -2.05. The first-order valence-electron chi connectivity index (χ1n) is 5.82. The molecule has 1 rings (SSSR count). The standard InChI is InChI=1S/C15H20O/c1-5-6-9-12(2)13(3)14-10-7-8-11-15(14)16-4/h7-8,10-13H,5H2,1-4H3. The van der Waals surface area contributed by atoms with Crippen molar-refractivity contribution in [1.82, 2.24) is 0 Å². The second kappa shape index (κ2) is 6.23. The molecule has 0 aliphatic rings. The summed E-state index contributed by atoms with van der Waals surface area (Å²) in [6.45, 7) is 6.44. The van der Waals surface area contributed by atoms with E-state index < -0.39 is 0 Å². The van der Waals surface area contributed by atoms with Crippen molar-refractivity contribution in [2.75, 3.05) is 7.11 Å². The van der Waals surface area contributed by atoms with Crippen LogP contribution in [-0.4, -0.2) is 7.11 Å². The van der Waals surface area contributed by atoms with E-state index in [-0.39, 0.29) is 0 Å². The first-order valence-corrected chi connectivity index (χ1v) is 5.82. The molecule has 0 aliphatic heterocycles. The maximum Gasteiger partial charge on any atom is 0.122 e. The molecule has 1 heteroatoms. The third-order valence-electron chi connectivity index (χ3n) is 2.89. The first kappa shape index (κ1) is 12.6. The number of ether oxygens (including phenoxy) is 1. The van der Waals surface area contributed by atoms with Crippen molar-refractivity contribution in [2.45, 2.75) is 33.1 Å². The molecule has 1 aromatic carbocycles. The molecule has 86 valence electrons. The molecule has 16 heavy (non-hydrogen) atoms. The van der Waals surface area contributed by atoms with Crippen LogP contribution in [0.15, 0.2) is 24.3 Å². The van der Waals surface area contributed by atoms with Crippen LogP contribution in [0.4, 0.5) is 0 Å². The van der Waals surface area contributed by atoms with E-state index >= 15 is 0 Å². The average Bonchev–Trinajstić information content (AvgIpc) is 2.34. The van der Waals surface area contributed by atoms with Gasteiger partial charge in [-0.2, -0.15) is 0 Å². The van der Waals surface area contributed by atoms with Gasteiger partial charge in [0.25, 0.3) is 0 Å². The van der Waals surface area contributed by atoms with Gasteiger partial charge in [0.2, 0.25) is 0 Å². The van der Waals surface area contributed by atoms with Gasteiger partial charge in [0.1, 0.15) is 5.75 Å². The highest BCUT2D eigenvalue weighted by atomic mass is 16.5. The fourth-order valence-electron chi connectivity index (χ4n) is 1.70. The van der Waals surface area contributed by atoms with Crippen LogP contribution in [-0.2, 0) is 0 Å². The minimum atomic E-state index is 0.358. The number of rotatable bonds is 3. The molecule has 0 heterocycles. The predicted octanol–water partition coefficient (Wildman–Crippen LogP) is 3.85. The van der Waals surface area contributed by atoms with Crippen LogP contribution in [0.2, 0.25) is 0 Å². The Labute approximate surface area is 98.8 Å². The fraction of sp³-hybridized carbons (Fsp3) is 0.467. The van der Waals surface area contributed by atoms with Gasteiger partial charge in [-0.3, -0.25) is 0 Å². The molecule has 0 radical (unpaired) electrons. The van der Waals surface area contributed by atoms with Gasteiger partial charge in [-0.05, 0) is 17.5 Å². The molecule has 0 aliphatic carbocycles. The smallest absolute Gasteiger partial charge is 0.122 e. The van der Waals surface area contributed by atoms with E-state index in [9.17, 15) is 0 Å². The van der Waals surface area contributed by atoms with Gasteiger partial charge in [-0.1, -0.05) is 44.9 Å². The minimum absolute atomic E-state index is 0.358. The normalized spacial score (nSPS) is 13.5. The van der Waals surface area contributed by atoms with Crippen molar-refractivity contribution in [1.29, 1.82) is 0 Å². The Morgan fingerprint density at radius 1 is 1.25 bits per heavy atom. The van der Waals surface area contributed by atoms with E-state index in [4.69, 9.17) is 4.74 Å². The predicted molar refractivity (Wildman–Crippen MR) is 68.6 cm³/mol. The van der Waals surface area contributed by atoms with Crippen LogP contribution < -0.4 is 4.74 Å². The van der Waals surface area contributed by atoms with E-state index in [0.29, 0.717) is 11.8 Å². The molecule has 2 atom stereocenters. The molecular weight excluding hydrogens is 196 g/mol. The van der Waals surface area contributed by atoms with E-state index in [2.05, 4.69) is 38.7 Å². The fourth-order valence-corrected chi connectivity index (χ4v) is 1.70. The van der Waals surface area contributed by atoms with Gasteiger partial charge in [-0.15, -0.1) is 5.92 Å². The Kier molecular flexibility index (Phi) is 4.92. The number of methoxy groups -OCH3 is 1. The quantitative estimate of drug-likeness (QED) is 0.697. The second-order valence-corrected chi connectivity index (χ2v) is 3.99. The van der Waals surface area contributed by atoms with Crippen molar-refractivity contribution < 1.29 is 4.74 Å². The molecule has 0 fully saturated rings. The molecule has 0 saturated heterocycles. The molecule has 0 bridgehead atoms. The van der Waals surface area contributed by atoms with Crippen molar-refractivity contribution in [3.8, 4) is 17.6 Å². The van der Waals surface area contributed by atoms with Crippen molar-refractivity contribution >= 4 is 0 Å². The number of hydrogen-bond donors (Lipinski definition) is 0. The summed E-state index contributed by atoms with van der Waals surface area (Å²) in [4.78, 5) is 0. The minimum Gasteiger partial charge on any atom is -0.496 e. The number of para-hydroxylation sites is 1. The zero-order chi connectivity index (χ0) is 12.0. The summed E-state index contributed by atoms with van der Waals surface area (Å²) in [5, 5.41) is 0. The maximum atomic E-state index is 5.37. The van der Waals surface area contributed by atoms with Crippen molar-refractivity contribution in [2.24, 2.45) is 5.92 Å². The third kappa shape index (κ3) is 3.03. The number of hydrogen-bond acceptors (Lipinski definition) is 1. The largest absolute Gasteiger partial charge is 0.496 e. The number of benzene rings is 1. The van der Waals surface area contributed by atoms with Crippen LogP contribution in [0.3, 0.4) is 0 Å². The van der Waals surface area contributed by atoms with Crippen LogP contribution in [0.1, 0.15) is 38.7 Å². The summed E-state index contributed by atoms with van der Waals surface area (Å²) in [6.07, 6.45) is 0.920. The van der Waals surface area contributed by atoms with Gasteiger partial charge in [-0.25, -0.2) is 0 Å². The van der Waals surface area contributed by atoms with Gasteiger partial charge in [0.15, 0.2) is 0 Å². The Bertz CT molecular complexity index is 384. The third-order valence-corrected chi connectivity index (χ3v) is 2.89. The highest BCUT2D eigenvalue weighted by molar-refractivity contribution is 5.37. The van der Waals surface area contributed by atoms with Gasteiger partial charge in [0.05, 0.1) is 7.11 Å². The first-order chi connectivity index (χ1) is 7.70. The molecule has 1 aromatic rings. The average molecular weight is 216 g/mol. The Balaban J connectivity index is 2.90. The highest BCUT2D eigenvalue weighted by Gasteiger charge is 2.15. The lowest BCUT2D eigenvalue weighted by molar-refractivity contribution is 0.402. The van der Waals surface area contributed by atoms with E-state index in [1.165, 1.54) is 5.56 Å². The molecule has 0 aromatic heterocycles. The molecule has 0 amide bonds. The zero-order valence-electron chi connectivity index (χ0n) is 10.6. The SMILES string of the molecule is CCC#CC(C)C(C)c1ccccc1OC. The molecule has 0 N–H and O–H groups in total. The van der Waals surface area contributed by atoms with Crippen LogP contribution >= 0.6 is 0 Å². The lowest BCUT2D eigenvalue weighted by atomic mass is 9.88. The molecular formula is C15H20O. The summed E-state index contributed by atoms with van der Waals surface area (Å²) in [6, 6.07) is 8.17. The van der Waals surface area contributed by atoms with Crippen molar-refractivity contribution in [3.63, 3.8) is 0 Å². The van der Waals surface area contributed by atoms with Gasteiger partial charge in [0, 0.05) is 12.3 Å². The molecule has 2 unspecified atom stereocenters. The van der Waals surface area contributed by atoms with E-state index in [0.717, 1.165) is 12.2 Å². The Morgan fingerprint density at radius 3 is 2.56 bits per heavy atom. The lowest BCUT2D eigenvalue weighted by Gasteiger charge is -2.18. The van der Waals surface area contributed by atoms with Gasteiger partial charge < -0.3 is 4.74 Å². The van der Waals surface area contributed by atoms with Crippen LogP contribution in [0.5, 0.6) is 5.75 Å². The van der Waals surface area contributed by atoms with Crippen molar-refractivity contribution in [3.05, 3.63) is 29.8 Å². The monoisotopic (exact) mass is 216 g/mol. The van der Waals surface area contributed by atoms with Crippen LogP contribution in [0.25, 0.3) is 0 Å². The summed E-state index contributed by atoms with van der Waals surface area (Å²) in [5.41, 5.74) is 1.24. The zero-order valence-corrected chi connectivity index (χ0v) is 10.6. The molecule has 0 spiro atoms. The summed E-state index contributed by atoms with van der Waals surface area (Å²) in [5.74, 6) is 8.14. The Morgan fingerprint density at radius 2 is 1.94 bits per heavy atom. The molecule has 0 saturated carbocycles. The molecule has 1 nitrogen and oxygen atoms in total. The van der Waals surface area contributed by atoms with E-state index in [1.54, 1.807) is 7.11 Å². The summed E-state index contributed by atoms with van der Waals surface area (Å²) >= 11 is 0. The van der Waals surface area contributed by atoms with E-state index in [1.807, 2.05) is 18.2 Å². The second-order valence-electron chi connectivity index (χ2n) is 3.99. The summed E-state index contributed by atoms with van der Waals surface area (Å²) in [7, 11) is 1.72. The van der Waals surface area contributed by atoms with Crippen LogP contribution in [0, 0.1) is 17.8 Å². The maximum absolute atomic E-state index is 5.37. The highest BCUT2D eigenvalue weighted by Crippen LogP contribution is 2.30. The topological polar surface area (TPSA) is 9.23 Å². The van der Waals surface area contributed by atoms with Gasteiger partial charge >= 0.3 is 0 Å². The summed E-state index contributed by atoms with van der Waals surface area (Å²) < 4.78 is 5.37. The Hall–Kier alpha value is -1.42.